The number of carbonyl (C=O) groups is 3. The van der Waals surface area contributed by atoms with Crippen LogP contribution in [0.1, 0.15) is 23.6 Å². The molecule has 196 valence electrons. The Morgan fingerprint density at radius 3 is 2.38 bits per heavy atom. The summed E-state index contributed by atoms with van der Waals surface area (Å²) in [4.78, 5) is 39.6. The van der Waals surface area contributed by atoms with Gasteiger partial charge in [0, 0.05) is 37.8 Å². The maximum absolute atomic E-state index is 12.7. The number of benzene rings is 2. The summed E-state index contributed by atoms with van der Waals surface area (Å²) in [7, 11) is 0. The molecule has 3 unspecified atom stereocenters. The van der Waals surface area contributed by atoms with Crippen molar-refractivity contribution in [2.45, 2.75) is 31.3 Å². The molecule has 2 aliphatic heterocycles. The summed E-state index contributed by atoms with van der Waals surface area (Å²) in [6.45, 7) is 4.23. The van der Waals surface area contributed by atoms with E-state index in [0.29, 0.717) is 32.3 Å². The molecule has 2 aromatic rings. The number of hydrogen-bond acceptors (Lipinski definition) is 8. The Kier molecular flexibility index (Phi) is 9.56. The predicted molar refractivity (Wildman–Crippen MR) is 134 cm³/mol. The first kappa shape index (κ1) is 26.7. The average molecular weight is 509 g/mol. The second kappa shape index (κ2) is 13.3. The van der Waals surface area contributed by atoms with Crippen LogP contribution in [-0.2, 0) is 35.0 Å². The van der Waals surface area contributed by atoms with Crippen molar-refractivity contribution in [3.8, 4) is 0 Å². The molecule has 0 aliphatic carbocycles. The molecule has 0 bridgehead atoms. The van der Waals surface area contributed by atoms with Crippen molar-refractivity contribution in [3.05, 3.63) is 83.4 Å². The van der Waals surface area contributed by atoms with Crippen molar-refractivity contribution in [3.63, 3.8) is 0 Å². The molecule has 0 aromatic heterocycles. The number of hydrogen-bond donors (Lipinski definition) is 1. The summed E-state index contributed by atoms with van der Waals surface area (Å²) in [5, 5.41) is 9.02. The second-order valence-electron chi connectivity index (χ2n) is 9.06. The molecule has 0 saturated carbocycles. The van der Waals surface area contributed by atoms with Crippen LogP contribution in [-0.4, -0.2) is 85.0 Å². The number of aliphatic carboxylic acids is 1. The Labute approximate surface area is 216 Å². The molecule has 9 heteroatoms. The molecule has 2 aliphatic rings. The van der Waals surface area contributed by atoms with Gasteiger partial charge in [0.2, 0.25) is 0 Å². The zero-order valence-electron chi connectivity index (χ0n) is 20.6. The van der Waals surface area contributed by atoms with Crippen LogP contribution in [0.5, 0.6) is 0 Å². The Morgan fingerprint density at radius 2 is 1.73 bits per heavy atom. The summed E-state index contributed by atoms with van der Waals surface area (Å²) in [5.74, 6) is -2.44. The summed E-state index contributed by atoms with van der Waals surface area (Å²) < 4.78 is 17.1. The number of ether oxygens (including phenoxy) is 3. The highest BCUT2D eigenvalue weighted by atomic mass is 16.7. The van der Waals surface area contributed by atoms with E-state index >= 15 is 0 Å². The Hall–Kier alpha value is -3.37. The minimum Gasteiger partial charge on any atom is -0.478 e. The maximum Gasteiger partial charge on any atom is 0.345 e. The van der Waals surface area contributed by atoms with Crippen LogP contribution >= 0.6 is 0 Å². The highest BCUT2D eigenvalue weighted by molar-refractivity contribution is 6.11. The van der Waals surface area contributed by atoms with Gasteiger partial charge in [-0.05, 0) is 24.0 Å². The number of carboxylic acid groups (broad SMARTS) is 1. The lowest BCUT2D eigenvalue weighted by atomic mass is 9.98. The minimum atomic E-state index is -1.40. The van der Waals surface area contributed by atoms with E-state index < -0.39 is 23.9 Å². The molecule has 2 heterocycles. The third-order valence-corrected chi connectivity index (χ3v) is 6.63. The quantitative estimate of drug-likeness (QED) is 0.161. The van der Waals surface area contributed by atoms with E-state index in [4.69, 9.17) is 19.3 Å². The van der Waals surface area contributed by atoms with Crippen molar-refractivity contribution >= 4 is 18.2 Å². The van der Waals surface area contributed by atoms with Gasteiger partial charge in [-0.1, -0.05) is 60.7 Å². The fourth-order valence-corrected chi connectivity index (χ4v) is 4.81. The molecule has 1 N–H and O–H groups in total. The van der Waals surface area contributed by atoms with E-state index in [-0.39, 0.29) is 18.4 Å². The Balaban J connectivity index is 1.62. The van der Waals surface area contributed by atoms with Gasteiger partial charge >= 0.3 is 11.9 Å². The lowest BCUT2D eigenvalue weighted by molar-refractivity contribution is -0.197. The number of rotatable bonds is 11. The molecule has 2 saturated heterocycles. The van der Waals surface area contributed by atoms with Crippen molar-refractivity contribution in [1.82, 2.24) is 9.80 Å². The molecule has 9 nitrogen and oxygen atoms in total. The number of carbonyl (C=O) groups excluding carboxylic acids is 2. The SMILES string of the molecule is O=C/C(=C\C(=O)O)C(=O)OC1OCC(Cc2ccccc2)N1C(CCN1CCOCC1)c1ccccc1. The molecule has 0 amide bonds. The highest BCUT2D eigenvalue weighted by Crippen LogP contribution is 2.35. The summed E-state index contributed by atoms with van der Waals surface area (Å²) in [6.07, 6.45) is 1.07. The normalized spacial score (nSPS) is 21.9. The second-order valence-corrected chi connectivity index (χ2v) is 9.06. The lowest BCUT2D eigenvalue weighted by Crippen LogP contribution is -2.45. The van der Waals surface area contributed by atoms with Gasteiger partial charge < -0.3 is 19.3 Å². The van der Waals surface area contributed by atoms with Gasteiger partial charge in [-0.25, -0.2) is 14.5 Å². The molecule has 2 fully saturated rings. The van der Waals surface area contributed by atoms with Crippen LogP contribution in [0.25, 0.3) is 0 Å². The molecule has 2 aromatic carbocycles. The van der Waals surface area contributed by atoms with Gasteiger partial charge in [0.05, 0.1) is 19.8 Å². The Morgan fingerprint density at radius 1 is 1.05 bits per heavy atom. The summed E-state index contributed by atoms with van der Waals surface area (Å²) in [6, 6.07) is 19.7. The van der Waals surface area contributed by atoms with Gasteiger partial charge in [-0.3, -0.25) is 9.69 Å². The number of carboxylic acids is 1. The van der Waals surface area contributed by atoms with Gasteiger partial charge in [0.15, 0.2) is 6.29 Å². The molecule has 0 radical (unpaired) electrons. The lowest BCUT2D eigenvalue weighted by Gasteiger charge is -2.37. The fourth-order valence-electron chi connectivity index (χ4n) is 4.81. The van der Waals surface area contributed by atoms with Gasteiger partial charge in [-0.15, -0.1) is 0 Å². The average Bonchev–Trinajstić information content (AvgIpc) is 3.30. The first-order chi connectivity index (χ1) is 18.0. The van der Waals surface area contributed by atoms with Crippen LogP contribution in [0.4, 0.5) is 0 Å². The largest absolute Gasteiger partial charge is 0.478 e. The minimum absolute atomic E-state index is 0.113. The van der Waals surface area contributed by atoms with E-state index in [9.17, 15) is 14.4 Å². The molecule has 0 spiro atoms. The summed E-state index contributed by atoms with van der Waals surface area (Å²) in [5.41, 5.74) is 1.59. The highest BCUT2D eigenvalue weighted by Gasteiger charge is 2.42. The van der Waals surface area contributed by atoms with Crippen molar-refractivity contribution in [2.24, 2.45) is 0 Å². The number of nitrogens with zero attached hydrogens (tertiary/aromatic N) is 2. The summed E-state index contributed by atoms with van der Waals surface area (Å²) >= 11 is 0. The van der Waals surface area contributed by atoms with Crippen molar-refractivity contribution in [2.75, 3.05) is 39.5 Å². The smallest absolute Gasteiger partial charge is 0.345 e. The monoisotopic (exact) mass is 508 g/mol. The third-order valence-electron chi connectivity index (χ3n) is 6.63. The first-order valence-electron chi connectivity index (χ1n) is 12.4. The maximum atomic E-state index is 12.7. The van der Waals surface area contributed by atoms with Crippen LogP contribution in [0.2, 0.25) is 0 Å². The number of aldehydes is 1. The van der Waals surface area contributed by atoms with E-state index in [2.05, 4.69) is 4.90 Å². The molecular weight excluding hydrogens is 476 g/mol. The third kappa shape index (κ3) is 7.33. The van der Waals surface area contributed by atoms with Crippen LogP contribution < -0.4 is 0 Å². The Bertz CT molecular complexity index is 1070. The number of morpholine rings is 1. The van der Waals surface area contributed by atoms with Gasteiger partial charge in [-0.2, -0.15) is 0 Å². The van der Waals surface area contributed by atoms with E-state index in [1.54, 1.807) is 0 Å². The van der Waals surface area contributed by atoms with E-state index in [1.165, 1.54) is 0 Å². The van der Waals surface area contributed by atoms with E-state index in [0.717, 1.165) is 37.2 Å². The molecule has 3 atom stereocenters. The van der Waals surface area contributed by atoms with Crippen LogP contribution in [0.3, 0.4) is 0 Å². The zero-order valence-corrected chi connectivity index (χ0v) is 20.6. The topological polar surface area (TPSA) is 106 Å². The van der Waals surface area contributed by atoms with Crippen LogP contribution in [0.15, 0.2) is 72.3 Å². The van der Waals surface area contributed by atoms with E-state index in [1.807, 2.05) is 65.6 Å². The fraction of sp³-hybridized carbons (Fsp3) is 0.393. The zero-order chi connectivity index (χ0) is 26.0. The van der Waals surface area contributed by atoms with Crippen molar-refractivity contribution in [1.29, 1.82) is 0 Å². The van der Waals surface area contributed by atoms with Crippen molar-refractivity contribution < 1.29 is 33.7 Å². The van der Waals surface area contributed by atoms with Gasteiger partial charge in [0.1, 0.15) is 5.57 Å². The predicted octanol–water partition coefficient (Wildman–Crippen LogP) is 2.43. The van der Waals surface area contributed by atoms with Crippen LogP contribution in [0, 0.1) is 0 Å². The molecule has 37 heavy (non-hydrogen) atoms. The number of esters is 1. The molecular formula is C28H32N2O7. The first-order valence-corrected chi connectivity index (χ1v) is 12.4. The standard InChI is InChI=1S/C28H32N2O7/c31-19-23(18-26(32)33)27(34)37-28-30(24(20-36-28)17-21-7-3-1-4-8-21)25(22-9-5-2-6-10-22)11-12-29-13-15-35-16-14-29/h1-10,18-19,24-25,28H,11-17,20H2,(H,32,33)/b23-18+. The molecule has 4 rings (SSSR count). The van der Waals surface area contributed by atoms with Gasteiger partial charge in [0.25, 0.3) is 6.41 Å².